The Labute approximate surface area is 284 Å². The molecule has 5 rings (SSSR count). The quantitative estimate of drug-likeness (QED) is 0.144. The molecule has 0 saturated heterocycles. The van der Waals surface area contributed by atoms with Crippen molar-refractivity contribution in [3.63, 3.8) is 0 Å². The van der Waals surface area contributed by atoms with E-state index in [0.29, 0.717) is 40.1 Å². The second kappa shape index (κ2) is 14.3. The van der Waals surface area contributed by atoms with Gasteiger partial charge < -0.3 is 24.5 Å². The van der Waals surface area contributed by atoms with Gasteiger partial charge in [-0.2, -0.15) is 5.10 Å². The van der Waals surface area contributed by atoms with E-state index in [0.717, 1.165) is 28.1 Å². The highest BCUT2D eigenvalue weighted by Gasteiger charge is 2.22. The summed E-state index contributed by atoms with van der Waals surface area (Å²) in [6.07, 6.45) is 0. The number of methoxy groups -OCH3 is 1. The first kappa shape index (κ1) is 34.1. The molecule has 48 heavy (non-hydrogen) atoms. The van der Waals surface area contributed by atoms with Crippen LogP contribution in [0.25, 0.3) is 5.69 Å². The van der Waals surface area contributed by atoms with Crippen LogP contribution in [0.15, 0.2) is 83.7 Å². The highest BCUT2D eigenvalue weighted by molar-refractivity contribution is 6.32. The molecule has 0 fully saturated rings. The third kappa shape index (κ3) is 7.83. The Bertz CT molecular complexity index is 2010. The van der Waals surface area contributed by atoms with Gasteiger partial charge in [-0.05, 0) is 60.9 Å². The van der Waals surface area contributed by atoms with Gasteiger partial charge in [-0.3, -0.25) is 10.1 Å². The molecule has 0 aliphatic heterocycles. The lowest BCUT2D eigenvalue weighted by Gasteiger charge is -2.17. The van der Waals surface area contributed by atoms with Crippen LogP contribution in [-0.4, -0.2) is 32.6 Å². The lowest BCUT2D eigenvalue weighted by molar-refractivity contribution is 0.251. The van der Waals surface area contributed by atoms with Crippen LogP contribution in [0, 0.1) is 13.8 Å². The molecular formula is C37H40ClN5O5. The first-order chi connectivity index (χ1) is 22.8. The number of nitrogens with zero attached hydrogens (tertiary/aromatic N) is 3. The number of carbonyl (C=O) groups is 1. The number of amides is 2. The minimum atomic E-state index is -0.416. The monoisotopic (exact) mass is 669 g/mol. The number of ether oxygens (including phenoxy) is 2. The number of aromatic nitrogens is 3. The van der Waals surface area contributed by atoms with Crippen molar-refractivity contribution in [2.45, 2.75) is 59.7 Å². The van der Waals surface area contributed by atoms with Crippen LogP contribution in [0.1, 0.15) is 54.4 Å². The van der Waals surface area contributed by atoms with Crippen molar-refractivity contribution in [3.05, 3.63) is 128 Å². The number of pyridine rings is 1. The first-order valence-corrected chi connectivity index (χ1v) is 15.9. The molecule has 3 N–H and O–H groups in total. The smallest absolute Gasteiger partial charge is 0.320 e. The number of phenolic OH excluding ortho intramolecular Hbond substituents is 1. The Morgan fingerprint density at radius 1 is 0.958 bits per heavy atom. The number of carbonyl (C=O) groups excluding carboxylic acids is 1. The maximum Gasteiger partial charge on any atom is 0.320 e. The van der Waals surface area contributed by atoms with E-state index in [-0.39, 0.29) is 29.9 Å². The molecule has 0 atom stereocenters. The Hall–Kier alpha value is -5.22. The number of hydrogen-bond donors (Lipinski definition) is 3. The molecule has 0 radical (unpaired) electrons. The van der Waals surface area contributed by atoms with Gasteiger partial charge in [0.1, 0.15) is 29.7 Å². The largest absolute Gasteiger partial charge is 0.508 e. The van der Waals surface area contributed by atoms with Crippen LogP contribution in [0.3, 0.4) is 0 Å². The molecule has 2 amide bonds. The van der Waals surface area contributed by atoms with Crippen molar-refractivity contribution in [1.82, 2.24) is 19.7 Å². The zero-order valence-corrected chi connectivity index (χ0v) is 28.7. The van der Waals surface area contributed by atoms with Crippen LogP contribution in [0.2, 0.25) is 5.02 Å². The fourth-order valence-corrected chi connectivity index (χ4v) is 5.48. The number of rotatable bonds is 10. The Kier molecular flexibility index (Phi) is 10.1. The minimum absolute atomic E-state index is 0.0972. The second-order valence-electron chi connectivity index (χ2n) is 12.6. The predicted octanol–water partition coefficient (Wildman–Crippen LogP) is 7.26. The number of anilines is 1. The molecule has 11 heteroatoms. The van der Waals surface area contributed by atoms with E-state index in [2.05, 4.69) is 10.6 Å². The summed E-state index contributed by atoms with van der Waals surface area (Å²) in [6, 6.07) is 23.1. The molecule has 0 bridgehead atoms. The van der Waals surface area contributed by atoms with Crippen LogP contribution in [-0.2, 0) is 25.1 Å². The van der Waals surface area contributed by atoms with E-state index in [4.69, 9.17) is 26.2 Å². The molecular weight excluding hydrogens is 630 g/mol. The van der Waals surface area contributed by atoms with Crippen LogP contribution >= 0.6 is 11.6 Å². The second-order valence-corrected chi connectivity index (χ2v) is 13.0. The van der Waals surface area contributed by atoms with Gasteiger partial charge in [0.05, 0.1) is 35.6 Å². The van der Waals surface area contributed by atoms with Crippen LogP contribution in [0.5, 0.6) is 17.2 Å². The van der Waals surface area contributed by atoms with E-state index in [9.17, 15) is 14.7 Å². The Balaban J connectivity index is 1.27. The number of nitrogens with one attached hydrogen (secondary N) is 2. The summed E-state index contributed by atoms with van der Waals surface area (Å²) in [6.45, 7) is 10.5. The van der Waals surface area contributed by atoms with Crippen molar-refractivity contribution in [2.75, 3.05) is 12.4 Å². The average molecular weight is 670 g/mol. The topological polar surface area (TPSA) is 120 Å². The third-order valence-corrected chi connectivity index (χ3v) is 8.29. The summed E-state index contributed by atoms with van der Waals surface area (Å²) in [7, 11) is 1.56. The maximum atomic E-state index is 13.4. The summed E-state index contributed by atoms with van der Waals surface area (Å²) in [5.41, 5.74) is 4.84. The zero-order valence-electron chi connectivity index (χ0n) is 27.9. The third-order valence-electron chi connectivity index (χ3n) is 7.99. The van der Waals surface area contributed by atoms with E-state index < -0.39 is 6.03 Å². The lowest BCUT2D eigenvalue weighted by Crippen LogP contribution is -2.29. The number of aryl methyl sites for hydroxylation is 1. The van der Waals surface area contributed by atoms with E-state index in [1.165, 1.54) is 0 Å². The van der Waals surface area contributed by atoms with Gasteiger partial charge >= 0.3 is 6.03 Å². The molecule has 10 nitrogen and oxygen atoms in total. The lowest BCUT2D eigenvalue weighted by atomic mass is 9.92. The van der Waals surface area contributed by atoms with Crippen molar-refractivity contribution in [2.24, 2.45) is 0 Å². The number of aromatic hydroxyl groups is 1. The first-order valence-electron chi connectivity index (χ1n) is 15.5. The zero-order chi connectivity index (χ0) is 34.6. The fourth-order valence-electron chi connectivity index (χ4n) is 5.20. The number of hydrogen-bond acceptors (Lipinski definition) is 6. The normalized spacial score (nSPS) is 11.3. The van der Waals surface area contributed by atoms with Crippen LogP contribution < -0.4 is 25.7 Å². The van der Waals surface area contributed by atoms with Gasteiger partial charge in [0.25, 0.3) is 5.56 Å². The van der Waals surface area contributed by atoms with Gasteiger partial charge in [-0.25, -0.2) is 9.48 Å². The molecule has 5 aromatic rings. The molecule has 0 unspecified atom stereocenters. The number of halogens is 1. The molecule has 0 aliphatic rings. The van der Waals surface area contributed by atoms with Crippen LogP contribution in [0.4, 0.5) is 10.6 Å². The number of benzene rings is 3. The van der Waals surface area contributed by atoms with Gasteiger partial charge in [0, 0.05) is 29.8 Å². The van der Waals surface area contributed by atoms with Crippen molar-refractivity contribution in [1.29, 1.82) is 0 Å². The van der Waals surface area contributed by atoms with Gasteiger partial charge in [-0.15, -0.1) is 0 Å². The van der Waals surface area contributed by atoms with E-state index >= 15 is 0 Å². The average Bonchev–Trinajstić information content (AvgIpc) is 3.48. The maximum absolute atomic E-state index is 13.4. The molecule has 0 spiro atoms. The van der Waals surface area contributed by atoms with E-state index in [1.54, 1.807) is 59.7 Å². The molecule has 250 valence electrons. The predicted molar refractivity (Wildman–Crippen MR) is 188 cm³/mol. The van der Waals surface area contributed by atoms with Gasteiger partial charge in [0.2, 0.25) is 0 Å². The molecule has 3 aromatic carbocycles. The summed E-state index contributed by atoms with van der Waals surface area (Å²) in [4.78, 5) is 26.5. The standard InChI is InChI=1S/C37H40ClN5O5/c1-23-16-32(24(2)35(45)42(23)21-25-14-15-31(47-6)30(38)17-25)48-22-27-11-8-7-10-26(27)20-39-36(46)40-34-19-33(37(3,4)5)41-43(34)28-12-9-13-29(44)18-28/h7-19,44H,20-22H2,1-6H3,(H2,39,40,46). The minimum Gasteiger partial charge on any atom is -0.508 e. The molecule has 0 aliphatic carbocycles. The summed E-state index contributed by atoms with van der Waals surface area (Å²) in [5.74, 6) is 1.64. The van der Waals surface area contributed by atoms with Gasteiger partial charge in [-0.1, -0.05) is 68.8 Å². The number of phenols is 1. The summed E-state index contributed by atoms with van der Waals surface area (Å²) >= 11 is 6.30. The van der Waals surface area contributed by atoms with Crippen molar-refractivity contribution < 1.29 is 19.4 Å². The molecule has 2 aromatic heterocycles. The Morgan fingerprint density at radius 2 is 1.71 bits per heavy atom. The SMILES string of the molecule is COc1ccc(Cn2c(C)cc(OCc3ccccc3CNC(=O)Nc3cc(C(C)(C)C)nn3-c3cccc(O)c3)c(C)c2=O)cc1Cl. The van der Waals surface area contributed by atoms with E-state index in [1.807, 2.05) is 70.2 Å². The van der Waals surface area contributed by atoms with Gasteiger partial charge in [0.15, 0.2) is 0 Å². The van der Waals surface area contributed by atoms with Crippen molar-refractivity contribution >= 4 is 23.4 Å². The van der Waals surface area contributed by atoms with Crippen molar-refractivity contribution in [3.8, 4) is 22.9 Å². The highest BCUT2D eigenvalue weighted by Crippen LogP contribution is 2.28. The molecule has 0 saturated carbocycles. The number of urea groups is 1. The fraction of sp³-hybridized carbons (Fsp3) is 0.270. The Morgan fingerprint density at radius 3 is 2.40 bits per heavy atom. The molecule has 2 heterocycles. The summed E-state index contributed by atoms with van der Waals surface area (Å²) < 4.78 is 14.7. The summed E-state index contributed by atoms with van der Waals surface area (Å²) in [5, 5.41) is 21.0. The highest BCUT2D eigenvalue weighted by atomic mass is 35.5.